The minimum absolute atomic E-state index is 0.230. The van der Waals surface area contributed by atoms with Crippen LogP contribution in [0.15, 0.2) is 29.1 Å². The Balaban J connectivity index is 1.48. The van der Waals surface area contributed by atoms with Crippen LogP contribution in [0, 0.1) is 17.5 Å². The van der Waals surface area contributed by atoms with Crippen molar-refractivity contribution in [2.75, 3.05) is 44.8 Å². The molecule has 26 heavy (non-hydrogen) atoms. The van der Waals surface area contributed by atoms with Gasteiger partial charge in [0.15, 0.2) is 17.5 Å². The van der Waals surface area contributed by atoms with Crippen molar-refractivity contribution < 1.29 is 18.0 Å². The van der Waals surface area contributed by atoms with Crippen molar-refractivity contribution >= 4 is 17.7 Å². The summed E-state index contributed by atoms with van der Waals surface area (Å²) >= 11 is 0. The average Bonchev–Trinajstić information content (AvgIpc) is 2.95. The molecule has 10 heteroatoms. The summed E-state index contributed by atoms with van der Waals surface area (Å²) in [5.41, 5.74) is -0.230. The molecule has 0 aliphatic carbocycles. The predicted octanol–water partition coefficient (Wildman–Crippen LogP) is 1.31. The number of benzene rings is 1. The molecule has 0 aromatic heterocycles. The maximum absolute atomic E-state index is 13.9. The molecule has 1 fully saturated rings. The Hall–Kier alpha value is -2.91. The lowest BCUT2D eigenvalue weighted by Gasteiger charge is -2.39. The molecule has 0 unspecified atom stereocenters. The average molecular weight is 366 g/mol. The van der Waals surface area contributed by atoms with Crippen molar-refractivity contribution in [2.24, 2.45) is 4.99 Å². The maximum Gasteiger partial charge on any atom is 0.331 e. The summed E-state index contributed by atoms with van der Waals surface area (Å²) < 4.78 is 41.0. The number of nitrogens with zero attached hydrogens (tertiary/aromatic N) is 5. The van der Waals surface area contributed by atoms with E-state index in [-0.39, 0.29) is 11.7 Å². The second-order valence-corrected chi connectivity index (χ2v) is 6.37. The first kappa shape index (κ1) is 16.6. The van der Waals surface area contributed by atoms with Gasteiger partial charge in [0.05, 0.1) is 0 Å². The van der Waals surface area contributed by atoms with E-state index in [1.165, 1.54) is 9.80 Å². The molecule has 1 aromatic rings. The Labute approximate surface area is 148 Å². The zero-order valence-electron chi connectivity index (χ0n) is 14.0. The van der Waals surface area contributed by atoms with Gasteiger partial charge in [0.25, 0.3) is 0 Å². The molecule has 2 amide bonds. The van der Waals surface area contributed by atoms with Gasteiger partial charge in [-0.3, -0.25) is 10.2 Å². The molecular formula is C16H17F3N6O. The first-order valence-corrected chi connectivity index (χ1v) is 8.16. The van der Waals surface area contributed by atoms with Crippen LogP contribution >= 0.6 is 0 Å². The zero-order valence-corrected chi connectivity index (χ0v) is 14.0. The number of aliphatic imine (C=N–C) groups is 1. The molecule has 3 aliphatic rings. The fourth-order valence-electron chi connectivity index (χ4n) is 3.29. The normalized spacial score (nSPS) is 20.1. The highest BCUT2D eigenvalue weighted by molar-refractivity contribution is 5.99. The SMILES string of the molecule is CN1C=C2N=C(N3CCN(c4c(F)cc(F)cc4F)CC3)NC(=O)N2C1. The second kappa shape index (κ2) is 6.11. The molecule has 1 N–H and O–H groups in total. The molecule has 4 rings (SSSR count). The first-order chi connectivity index (χ1) is 12.4. The number of carbonyl (C=O) groups is 1. The first-order valence-electron chi connectivity index (χ1n) is 8.16. The number of hydrogen-bond acceptors (Lipinski definition) is 5. The number of nitrogens with one attached hydrogen (secondary N) is 1. The lowest BCUT2D eigenvalue weighted by atomic mass is 10.2. The van der Waals surface area contributed by atoms with E-state index in [9.17, 15) is 18.0 Å². The lowest BCUT2D eigenvalue weighted by Crippen LogP contribution is -2.57. The number of hydrogen-bond donors (Lipinski definition) is 1. The molecule has 0 spiro atoms. The second-order valence-electron chi connectivity index (χ2n) is 6.37. The molecular weight excluding hydrogens is 349 g/mol. The number of anilines is 1. The van der Waals surface area contributed by atoms with E-state index in [4.69, 9.17) is 0 Å². The summed E-state index contributed by atoms with van der Waals surface area (Å²) in [7, 11) is 1.85. The summed E-state index contributed by atoms with van der Waals surface area (Å²) in [4.78, 5) is 23.4. The van der Waals surface area contributed by atoms with Gasteiger partial charge in [-0.2, -0.15) is 4.99 Å². The number of halogens is 3. The third-order valence-corrected chi connectivity index (χ3v) is 4.54. The van der Waals surface area contributed by atoms with Crippen molar-refractivity contribution in [1.29, 1.82) is 0 Å². The Kier molecular flexibility index (Phi) is 3.89. The predicted molar refractivity (Wildman–Crippen MR) is 88.6 cm³/mol. The summed E-state index contributed by atoms with van der Waals surface area (Å²) in [5, 5.41) is 2.74. The largest absolute Gasteiger partial charge is 0.363 e. The van der Waals surface area contributed by atoms with Gasteiger partial charge in [-0.05, 0) is 0 Å². The molecule has 3 aliphatic heterocycles. The van der Waals surface area contributed by atoms with Crippen molar-refractivity contribution in [3.8, 4) is 0 Å². The van der Waals surface area contributed by atoms with Crippen molar-refractivity contribution in [2.45, 2.75) is 0 Å². The van der Waals surface area contributed by atoms with Gasteiger partial charge >= 0.3 is 6.03 Å². The standard InChI is InChI=1S/C16H17F3N6O/c1-22-8-13-20-15(21-16(26)25(13)9-22)24-4-2-23(3-5-24)14-11(18)6-10(17)7-12(14)19/h6-8H,2-5,9H2,1H3,(H,20,21,26). The van der Waals surface area contributed by atoms with Crippen LogP contribution in [0.3, 0.4) is 0 Å². The van der Waals surface area contributed by atoms with Crippen LogP contribution in [0.4, 0.5) is 23.7 Å². The third-order valence-electron chi connectivity index (χ3n) is 4.54. The fraction of sp³-hybridized carbons (Fsp3) is 0.375. The number of piperazine rings is 1. The van der Waals surface area contributed by atoms with Crippen molar-refractivity contribution in [3.05, 3.63) is 41.6 Å². The Morgan fingerprint density at radius 3 is 2.31 bits per heavy atom. The van der Waals surface area contributed by atoms with Crippen LogP contribution in [0.5, 0.6) is 0 Å². The number of carbonyl (C=O) groups excluding carboxylic acids is 1. The molecule has 1 saturated heterocycles. The number of urea groups is 1. The highest BCUT2D eigenvalue weighted by atomic mass is 19.1. The van der Waals surface area contributed by atoms with Crippen LogP contribution in [-0.2, 0) is 0 Å². The minimum atomic E-state index is -0.943. The van der Waals surface area contributed by atoms with E-state index in [2.05, 4.69) is 10.3 Å². The van der Waals surface area contributed by atoms with E-state index in [1.54, 1.807) is 6.20 Å². The summed E-state index contributed by atoms with van der Waals surface area (Å²) in [6.45, 7) is 1.90. The van der Waals surface area contributed by atoms with Crippen molar-refractivity contribution in [1.82, 2.24) is 20.0 Å². The van der Waals surface area contributed by atoms with Gasteiger partial charge in [0.2, 0.25) is 5.96 Å². The van der Waals surface area contributed by atoms with E-state index < -0.39 is 17.5 Å². The Morgan fingerprint density at radius 1 is 1.04 bits per heavy atom. The fourth-order valence-corrected chi connectivity index (χ4v) is 3.29. The number of rotatable bonds is 1. The quantitative estimate of drug-likeness (QED) is 0.814. The highest BCUT2D eigenvalue weighted by Gasteiger charge is 2.33. The number of fused-ring (bicyclic) bond motifs is 1. The molecule has 0 radical (unpaired) electrons. The smallest absolute Gasteiger partial charge is 0.331 e. The van der Waals surface area contributed by atoms with Gasteiger partial charge < -0.3 is 14.7 Å². The van der Waals surface area contributed by atoms with E-state index in [1.807, 2.05) is 16.8 Å². The van der Waals surface area contributed by atoms with Gasteiger partial charge in [0, 0.05) is 51.6 Å². The Morgan fingerprint density at radius 2 is 1.65 bits per heavy atom. The molecule has 7 nitrogen and oxygen atoms in total. The van der Waals surface area contributed by atoms with Gasteiger partial charge in [-0.1, -0.05) is 0 Å². The van der Waals surface area contributed by atoms with E-state index in [0.717, 1.165) is 0 Å². The molecule has 0 bridgehead atoms. The van der Waals surface area contributed by atoms with Crippen LogP contribution in [0.25, 0.3) is 0 Å². The molecule has 3 heterocycles. The number of guanidine groups is 1. The minimum Gasteiger partial charge on any atom is -0.363 e. The summed E-state index contributed by atoms with van der Waals surface area (Å²) in [6, 6.07) is 1.09. The third kappa shape index (κ3) is 2.80. The van der Waals surface area contributed by atoms with Crippen molar-refractivity contribution in [3.63, 3.8) is 0 Å². The molecule has 138 valence electrons. The van der Waals surface area contributed by atoms with Crippen LogP contribution in [-0.4, -0.2) is 66.6 Å². The number of amides is 2. The van der Waals surface area contributed by atoms with Gasteiger partial charge in [-0.15, -0.1) is 0 Å². The maximum atomic E-state index is 13.9. The van der Waals surface area contributed by atoms with E-state index >= 15 is 0 Å². The van der Waals surface area contributed by atoms with Crippen LogP contribution in [0.2, 0.25) is 0 Å². The summed E-state index contributed by atoms with van der Waals surface area (Å²) in [5.74, 6) is -1.80. The molecule has 0 atom stereocenters. The van der Waals surface area contributed by atoms with Gasteiger partial charge in [-0.25, -0.2) is 18.0 Å². The molecule has 1 aromatic carbocycles. The highest BCUT2D eigenvalue weighted by Crippen LogP contribution is 2.26. The zero-order chi connectivity index (χ0) is 18.4. The van der Waals surface area contributed by atoms with Crippen LogP contribution in [0.1, 0.15) is 0 Å². The molecule has 0 saturated carbocycles. The summed E-state index contributed by atoms with van der Waals surface area (Å²) in [6.07, 6.45) is 1.78. The van der Waals surface area contributed by atoms with Gasteiger partial charge in [0.1, 0.15) is 18.2 Å². The van der Waals surface area contributed by atoms with E-state index in [0.29, 0.717) is 56.8 Å². The van der Waals surface area contributed by atoms with Crippen LogP contribution < -0.4 is 10.2 Å². The Bertz CT molecular complexity index is 795. The topological polar surface area (TPSA) is 54.4 Å². The monoisotopic (exact) mass is 366 g/mol. The lowest BCUT2D eigenvalue weighted by molar-refractivity contribution is 0.203.